The van der Waals surface area contributed by atoms with E-state index in [0.29, 0.717) is 0 Å². The highest BCUT2D eigenvalue weighted by molar-refractivity contribution is 9.10. The van der Waals surface area contributed by atoms with Crippen molar-refractivity contribution in [2.24, 2.45) is 5.92 Å². The second kappa shape index (κ2) is 7.12. The molecule has 0 bridgehead atoms. The topological polar surface area (TPSA) is 41.1 Å². The van der Waals surface area contributed by atoms with E-state index in [1.807, 2.05) is 6.07 Å². The lowest BCUT2D eigenvalue weighted by Gasteiger charge is -2.23. The van der Waals surface area contributed by atoms with E-state index in [1.165, 1.54) is 18.4 Å². The highest BCUT2D eigenvalue weighted by Gasteiger charge is 2.44. The molecule has 116 valence electrons. The van der Waals surface area contributed by atoms with Crippen molar-refractivity contribution in [3.05, 3.63) is 34.3 Å². The Labute approximate surface area is 140 Å². The van der Waals surface area contributed by atoms with Crippen LogP contribution >= 0.6 is 28.3 Å². The van der Waals surface area contributed by atoms with Crippen LogP contribution in [0.5, 0.6) is 0 Å². The quantitative estimate of drug-likeness (QED) is 0.852. The molecule has 2 fully saturated rings. The maximum absolute atomic E-state index is 12.2. The molecule has 3 rings (SSSR count). The Kier molecular flexibility index (Phi) is 5.69. The molecule has 2 aliphatic rings. The number of benzene rings is 1. The van der Waals surface area contributed by atoms with Crippen molar-refractivity contribution in [1.82, 2.24) is 10.6 Å². The summed E-state index contributed by atoms with van der Waals surface area (Å²) in [6.07, 6.45) is 4.29. The van der Waals surface area contributed by atoms with Gasteiger partial charge in [-0.15, -0.1) is 12.4 Å². The number of nitrogens with one attached hydrogen (secondary N) is 2. The zero-order valence-corrected chi connectivity index (χ0v) is 14.4. The second-order valence-corrected chi connectivity index (χ2v) is 6.95. The molecular weight excluding hydrogens is 352 g/mol. The molecule has 0 aromatic heterocycles. The van der Waals surface area contributed by atoms with Gasteiger partial charge in [0.1, 0.15) is 0 Å². The van der Waals surface area contributed by atoms with Gasteiger partial charge in [0.25, 0.3) is 0 Å². The third-order valence-electron chi connectivity index (χ3n) is 4.60. The van der Waals surface area contributed by atoms with Gasteiger partial charge in [-0.3, -0.25) is 4.79 Å². The van der Waals surface area contributed by atoms with Crippen molar-refractivity contribution < 1.29 is 4.79 Å². The molecule has 1 aliphatic carbocycles. The summed E-state index contributed by atoms with van der Waals surface area (Å²) in [5.41, 5.74) is 1.53. The van der Waals surface area contributed by atoms with Gasteiger partial charge >= 0.3 is 0 Å². The van der Waals surface area contributed by atoms with E-state index in [-0.39, 0.29) is 29.6 Å². The molecule has 1 saturated heterocycles. The number of amides is 1. The lowest BCUT2D eigenvalue weighted by atomic mass is 9.94. The molecule has 0 atom stereocenters. The Morgan fingerprint density at radius 2 is 2.05 bits per heavy atom. The summed E-state index contributed by atoms with van der Waals surface area (Å²) in [6, 6.07) is 8.49. The van der Waals surface area contributed by atoms with Gasteiger partial charge in [-0.25, -0.2) is 0 Å². The minimum atomic E-state index is 0. The van der Waals surface area contributed by atoms with Gasteiger partial charge < -0.3 is 10.6 Å². The van der Waals surface area contributed by atoms with Crippen LogP contribution in [0.2, 0.25) is 0 Å². The fourth-order valence-corrected chi connectivity index (χ4v) is 3.42. The first-order valence-corrected chi connectivity index (χ1v) is 8.23. The molecule has 1 heterocycles. The van der Waals surface area contributed by atoms with Crippen LogP contribution in [0.15, 0.2) is 28.7 Å². The van der Waals surface area contributed by atoms with Gasteiger partial charge in [0, 0.05) is 22.4 Å². The van der Waals surface area contributed by atoms with E-state index < -0.39 is 0 Å². The van der Waals surface area contributed by atoms with E-state index in [4.69, 9.17) is 0 Å². The Hall–Kier alpha value is -0.580. The standard InChI is InChI=1S/C16H21BrN2O.ClH/c17-14-3-1-2-13(10-14)16(6-7-16)11-19-15(20)12-4-8-18-9-5-12;/h1-3,10,12,18H,4-9,11H2,(H,19,20);1H. The molecule has 21 heavy (non-hydrogen) atoms. The van der Waals surface area contributed by atoms with Crippen molar-refractivity contribution >= 4 is 34.2 Å². The molecule has 2 N–H and O–H groups in total. The van der Waals surface area contributed by atoms with Crippen LogP contribution in [0, 0.1) is 5.92 Å². The number of rotatable bonds is 4. The molecule has 1 saturated carbocycles. The van der Waals surface area contributed by atoms with E-state index in [2.05, 4.69) is 44.8 Å². The van der Waals surface area contributed by atoms with Crippen LogP contribution in [0.4, 0.5) is 0 Å². The van der Waals surface area contributed by atoms with Crippen LogP contribution in [0.25, 0.3) is 0 Å². The fraction of sp³-hybridized carbons (Fsp3) is 0.562. The lowest BCUT2D eigenvalue weighted by Crippen LogP contribution is -2.40. The largest absolute Gasteiger partial charge is 0.355 e. The summed E-state index contributed by atoms with van der Waals surface area (Å²) in [7, 11) is 0. The van der Waals surface area contributed by atoms with Crippen molar-refractivity contribution in [1.29, 1.82) is 0 Å². The highest BCUT2D eigenvalue weighted by Crippen LogP contribution is 2.48. The van der Waals surface area contributed by atoms with Crippen LogP contribution in [-0.2, 0) is 10.2 Å². The SMILES string of the molecule is Cl.O=C(NCC1(c2cccc(Br)c2)CC1)C1CCNCC1. The number of carbonyl (C=O) groups is 1. The maximum Gasteiger partial charge on any atom is 0.223 e. The summed E-state index contributed by atoms with van der Waals surface area (Å²) >= 11 is 3.53. The molecule has 0 radical (unpaired) electrons. The number of hydrogen-bond donors (Lipinski definition) is 2. The van der Waals surface area contributed by atoms with E-state index in [1.54, 1.807) is 0 Å². The fourth-order valence-electron chi connectivity index (χ4n) is 3.02. The van der Waals surface area contributed by atoms with Gasteiger partial charge in [0.2, 0.25) is 5.91 Å². The van der Waals surface area contributed by atoms with E-state index >= 15 is 0 Å². The zero-order chi connectivity index (χ0) is 14.0. The number of carbonyl (C=O) groups excluding carboxylic acids is 1. The Morgan fingerprint density at radius 1 is 1.33 bits per heavy atom. The molecule has 0 unspecified atom stereocenters. The maximum atomic E-state index is 12.2. The van der Waals surface area contributed by atoms with Gasteiger partial charge in [0.05, 0.1) is 0 Å². The van der Waals surface area contributed by atoms with Crippen molar-refractivity contribution in [2.45, 2.75) is 31.1 Å². The first-order chi connectivity index (χ1) is 9.70. The summed E-state index contributed by atoms with van der Waals surface area (Å²) in [5, 5.41) is 6.49. The van der Waals surface area contributed by atoms with Crippen molar-refractivity contribution in [3.63, 3.8) is 0 Å². The summed E-state index contributed by atoms with van der Waals surface area (Å²) in [4.78, 5) is 12.2. The first kappa shape index (κ1) is 16.8. The van der Waals surface area contributed by atoms with Crippen LogP contribution in [0.1, 0.15) is 31.2 Å². The predicted molar refractivity (Wildman–Crippen MR) is 90.9 cm³/mol. The molecule has 1 aromatic carbocycles. The zero-order valence-electron chi connectivity index (χ0n) is 12.0. The minimum Gasteiger partial charge on any atom is -0.355 e. The Morgan fingerprint density at radius 3 is 2.67 bits per heavy atom. The molecule has 0 spiro atoms. The molecule has 3 nitrogen and oxygen atoms in total. The average Bonchev–Trinajstić information content (AvgIpc) is 3.27. The van der Waals surface area contributed by atoms with E-state index in [9.17, 15) is 4.79 Å². The molecular formula is C16H22BrClN2O. The monoisotopic (exact) mass is 372 g/mol. The lowest BCUT2D eigenvalue weighted by molar-refractivity contribution is -0.125. The van der Waals surface area contributed by atoms with Crippen LogP contribution < -0.4 is 10.6 Å². The summed E-state index contributed by atoms with van der Waals surface area (Å²) < 4.78 is 1.12. The summed E-state index contributed by atoms with van der Waals surface area (Å²) in [5.74, 6) is 0.447. The van der Waals surface area contributed by atoms with Crippen molar-refractivity contribution in [2.75, 3.05) is 19.6 Å². The van der Waals surface area contributed by atoms with Gasteiger partial charge in [-0.05, 0) is 56.5 Å². The Bertz CT molecular complexity index is 499. The molecule has 5 heteroatoms. The normalized spacial score (nSPS) is 20.4. The Balaban J connectivity index is 0.00000161. The third kappa shape index (κ3) is 3.99. The number of piperidine rings is 1. The predicted octanol–water partition coefficient (Wildman–Crippen LogP) is 3.02. The smallest absolute Gasteiger partial charge is 0.223 e. The first-order valence-electron chi connectivity index (χ1n) is 7.44. The average molecular weight is 374 g/mol. The molecule has 1 amide bonds. The third-order valence-corrected chi connectivity index (χ3v) is 5.09. The van der Waals surface area contributed by atoms with Gasteiger partial charge in [-0.1, -0.05) is 28.1 Å². The van der Waals surface area contributed by atoms with Crippen LogP contribution in [-0.4, -0.2) is 25.5 Å². The van der Waals surface area contributed by atoms with Crippen LogP contribution in [0.3, 0.4) is 0 Å². The number of hydrogen-bond acceptors (Lipinski definition) is 2. The van der Waals surface area contributed by atoms with Crippen molar-refractivity contribution in [3.8, 4) is 0 Å². The highest BCUT2D eigenvalue weighted by atomic mass is 79.9. The molecule has 1 aromatic rings. The number of halogens is 2. The van der Waals surface area contributed by atoms with Gasteiger partial charge in [0.15, 0.2) is 0 Å². The minimum absolute atomic E-state index is 0. The summed E-state index contributed by atoms with van der Waals surface area (Å²) in [6.45, 7) is 2.72. The molecule has 1 aliphatic heterocycles. The van der Waals surface area contributed by atoms with Gasteiger partial charge in [-0.2, -0.15) is 0 Å². The second-order valence-electron chi connectivity index (χ2n) is 6.03. The van der Waals surface area contributed by atoms with E-state index in [0.717, 1.165) is 36.9 Å².